The molecule has 0 bridgehead atoms. The van der Waals surface area contributed by atoms with Crippen molar-refractivity contribution in [2.24, 2.45) is 10.4 Å². The summed E-state index contributed by atoms with van der Waals surface area (Å²) in [5.74, 6) is -1.62. The Labute approximate surface area is 228 Å². The number of amides is 1. The van der Waals surface area contributed by atoms with E-state index in [2.05, 4.69) is 20.0 Å². The first-order valence-electron chi connectivity index (χ1n) is 11.8. The molecule has 1 spiro atoms. The van der Waals surface area contributed by atoms with Gasteiger partial charge in [-0.3, -0.25) is 19.4 Å². The number of aliphatic imine (C=N–C) groups is 1. The zero-order valence-electron chi connectivity index (χ0n) is 20.5. The number of likely N-dealkylation sites (tertiary alicyclic amines) is 1. The molecule has 202 valence electrons. The summed E-state index contributed by atoms with van der Waals surface area (Å²) in [6, 6.07) is 2.54. The molecule has 0 unspecified atom stereocenters. The van der Waals surface area contributed by atoms with Gasteiger partial charge in [0.2, 0.25) is 10.0 Å². The van der Waals surface area contributed by atoms with Crippen molar-refractivity contribution in [2.75, 3.05) is 26.5 Å². The molecule has 2 N–H and O–H groups in total. The smallest absolute Gasteiger partial charge is 0.338 e. The van der Waals surface area contributed by atoms with Gasteiger partial charge in [0, 0.05) is 35.9 Å². The molecule has 1 aromatic heterocycles. The van der Waals surface area contributed by atoms with Crippen molar-refractivity contribution in [2.45, 2.75) is 31.3 Å². The van der Waals surface area contributed by atoms with Crippen LogP contribution in [0, 0.1) is 11.2 Å². The highest BCUT2D eigenvalue weighted by atomic mass is 35.5. The van der Waals surface area contributed by atoms with Gasteiger partial charge in [0.05, 0.1) is 30.0 Å². The Morgan fingerprint density at radius 3 is 2.76 bits per heavy atom. The number of rotatable bonds is 7. The van der Waals surface area contributed by atoms with Gasteiger partial charge in [0.1, 0.15) is 11.9 Å². The summed E-state index contributed by atoms with van der Waals surface area (Å²) in [5.41, 5.74) is 0.695. The molecule has 3 heterocycles. The molecule has 2 fully saturated rings. The lowest BCUT2D eigenvalue weighted by molar-refractivity contribution is -0.136. The van der Waals surface area contributed by atoms with Crippen molar-refractivity contribution in [3.8, 4) is 0 Å². The first-order valence-corrected chi connectivity index (χ1v) is 14.9. The Kier molecular flexibility index (Phi) is 7.05. The van der Waals surface area contributed by atoms with Gasteiger partial charge >= 0.3 is 5.97 Å². The Morgan fingerprint density at radius 2 is 2.13 bits per heavy atom. The van der Waals surface area contributed by atoms with E-state index in [4.69, 9.17) is 16.3 Å². The molecule has 0 radical (unpaired) electrons. The van der Waals surface area contributed by atoms with Gasteiger partial charge in [0.15, 0.2) is 10.8 Å². The predicted octanol–water partition coefficient (Wildman–Crippen LogP) is 2.38. The summed E-state index contributed by atoms with van der Waals surface area (Å²) in [5, 5.41) is 5.32. The summed E-state index contributed by atoms with van der Waals surface area (Å²) in [7, 11) is -2.53. The van der Waals surface area contributed by atoms with Gasteiger partial charge in [-0.1, -0.05) is 23.7 Å². The van der Waals surface area contributed by atoms with Crippen molar-refractivity contribution in [3.63, 3.8) is 0 Å². The number of nitrogens with zero attached hydrogens (tertiary/aromatic N) is 3. The van der Waals surface area contributed by atoms with Crippen molar-refractivity contribution < 1.29 is 27.1 Å². The first kappa shape index (κ1) is 26.7. The van der Waals surface area contributed by atoms with E-state index < -0.39 is 39.8 Å². The number of thiazole rings is 1. The number of carbonyl (C=O) groups is 2. The highest BCUT2D eigenvalue weighted by Crippen LogP contribution is 2.55. The van der Waals surface area contributed by atoms with E-state index >= 15 is 0 Å². The molecule has 3 aliphatic rings. The number of benzene rings is 1. The summed E-state index contributed by atoms with van der Waals surface area (Å²) >= 11 is 7.65. The monoisotopic (exact) mass is 581 g/mol. The number of amidine groups is 1. The third kappa shape index (κ3) is 5.33. The molecule has 5 rings (SSSR count). The van der Waals surface area contributed by atoms with Crippen LogP contribution >= 0.6 is 22.9 Å². The number of sulfonamides is 1. The van der Waals surface area contributed by atoms with Crippen molar-refractivity contribution in [3.05, 3.63) is 62.5 Å². The SMILES string of the molecule is COC(=O)C1=C(CN2CC3(CC3)C[C@H]2C(=O)NS(C)(=O)=O)NC(c2nccs2)=N[C@H]1c1cccc(F)c1Cl. The second-order valence-electron chi connectivity index (χ2n) is 9.73. The Balaban J connectivity index is 1.58. The van der Waals surface area contributed by atoms with Crippen LogP contribution in [0.5, 0.6) is 0 Å². The topological polar surface area (TPSA) is 130 Å². The Bertz CT molecular complexity index is 1460. The van der Waals surface area contributed by atoms with E-state index in [0.717, 1.165) is 19.1 Å². The largest absolute Gasteiger partial charge is 0.466 e. The second kappa shape index (κ2) is 10.0. The van der Waals surface area contributed by atoms with Gasteiger partial charge in [-0.15, -0.1) is 11.3 Å². The number of aromatic nitrogens is 1. The number of methoxy groups -OCH3 is 1. The fraction of sp³-hybridized carbons (Fsp3) is 0.417. The first-order chi connectivity index (χ1) is 18.0. The van der Waals surface area contributed by atoms with Crippen molar-refractivity contribution in [1.29, 1.82) is 0 Å². The maximum atomic E-state index is 14.5. The van der Waals surface area contributed by atoms with Crippen LogP contribution < -0.4 is 10.0 Å². The number of esters is 1. The van der Waals surface area contributed by atoms with E-state index in [1.54, 1.807) is 17.6 Å². The maximum absolute atomic E-state index is 14.5. The van der Waals surface area contributed by atoms with Crippen LogP contribution in [0.4, 0.5) is 4.39 Å². The van der Waals surface area contributed by atoms with Crippen molar-refractivity contribution in [1.82, 2.24) is 19.9 Å². The summed E-state index contributed by atoms with van der Waals surface area (Å²) < 4.78 is 45.2. The summed E-state index contributed by atoms with van der Waals surface area (Å²) in [4.78, 5) is 37.0. The number of halogens is 2. The molecule has 2 atom stereocenters. The van der Waals surface area contributed by atoms with Crippen molar-refractivity contribution >= 4 is 50.7 Å². The number of hydrogen-bond donors (Lipinski definition) is 2. The minimum absolute atomic E-state index is 0.0718. The van der Waals surface area contributed by atoms with E-state index in [9.17, 15) is 22.4 Å². The van der Waals surface area contributed by atoms with Crippen LogP contribution in [-0.4, -0.2) is 68.5 Å². The van der Waals surface area contributed by atoms with Crippen LogP contribution in [-0.2, 0) is 24.3 Å². The molecule has 2 aliphatic heterocycles. The third-order valence-electron chi connectivity index (χ3n) is 6.95. The third-order valence-corrected chi connectivity index (χ3v) is 8.71. The fourth-order valence-corrected chi connectivity index (χ4v) is 6.36. The van der Waals surface area contributed by atoms with Crippen LogP contribution in [0.3, 0.4) is 0 Å². The number of hydrogen-bond acceptors (Lipinski definition) is 10. The molecular formula is C24H25ClFN5O5S2. The molecule has 14 heteroatoms. The predicted molar refractivity (Wildman–Crippen MR) is 140 cm³/mol. The number of carbonyl (C=O) groups excluding carboxylic acids is 2. The molecule has 2 aromatic rings. The lowest BCUT2D eigenvalue weighted by atomic mass is 9.95. The van der Waals surface area contributed by atoms with Gasteiger partial charge in [-0.2, -0.15) is 0 Å². The lowest BCUT2D eigenvalue weighted by Crippen LogP contribution is -2.47. The van der Waals surface area contributed by atoms with E-state index in [1.165, 1.54) is 30.6 Å². The minimum Gasteiger partial charge on any atom is -0.466 e. The van der Waals surface area contributed by atoms with Crippen LogP contribution in [0.15, 0.2) is 46.0 Å². The molecular weight excluding hydrogens is 557 g/mol. The Morgan fingerprint density at radius 1 is 1.37 bits per heavy atom. The van der Waals surface area contributed by atoms with Gasteiger partial charge in [-0.25, -0.2) is 22.6 Å². The normalized spacial score (nSPS) is 22.7. The van der Waals surface area contributed by atoms with Gasteiger partial charge in [0.25, 0.3) is 5.91 Å². The fourth-order valence-electron chi connectivity index (χ4n) is 5.04. The molecule has 1 saturated heterocycles. The van der Waals surface area contributed by atoms with E-state index in [-0.39, 0.29) is 28.1 Å². The molecule has 10 nitrogen and oxygen atoms in total. The van der Waals surface area contributed by atoms with Crippen LogP contribution in [0.2, 0.25) is 5.02 Å². The zero-order valence-corrected chi connectivity index (χ0v) is 22.9. The molecule has 1 aromatic carbocycles. The average molecular weight is 582 g/mol. The average Bonchev–Trinajstić information content (AvgIpc) is 3.24. The number of nitrogens with one attached hydrogen (secondary N) is 2. The van der Waals surface area contributed by atoms with Crippen LogP contribution in [0.1, 0.15) is 35.9 Å². The highest BCUT2D eigenvalue weighted by molar-refractivity contribution is 7.89. The Hall–Kier alpha value is -2.87. The van der Waals surface area contributed by atoms with E-state index in [1.807, 2.05) is 4.90 Å². The lowest BCUT2D eigenvalue weighted by Gasteiger charge is -2.31. The van der Waals surface area contributed by atoms with Crippen LogP contribution in [0.25, 0.3) is 0 Å². The number of ether oxygens (including phenoxy) is 1. The molecule has 1 amide bonds. The highest BCUT2D eigenvalue weighted by Gasteiger charge is 2.54. The van der Waals surface area contributed by atoms with Gasteiger partial charge in [-0.05, 0) is 30.7 Å². The standard InChI is InChI=1S/C24H25ClFN5O5S2/c1-36-23(33)17-15(11-31-12-24(6-7-24)10-16(31)21(32)30-38(2,34)35)28-20(22-27-8-9-37-22)29-19(17)13-4-3-5-14(26)18(13)25/h3-5,8-9,16,19H,6-7,10-12H2,1-2H3,(H,28,29)(H,30,32)/t16-,19-/m0/s1. The maximum Gasteiger partial charge on any atom is 0.338 e. The summed E-state index contributed by atoms with van der Waals surface area (Å²) in [6.45, 7) is 0.630. The van der Waals surface area contributed by atoms with Gasteiger partial charge < -0.3 is 10.1 Å². The molecule has 1 saturated carbocycles. The molecule has 38 heavy (non-hydrogen) atoms. The molecule has 1 aliphatic carbocycles. The minimum atomic E-state index is -3.76. The van der Waals surface area contributed by atoms with E-state index in [0.29, 0.717) is 29.5 Å². The quantitative estimate of drug-likeness (QED) is 0.477. The second-order valence-corrected chi connectivity index (χ2v) is 12.8. The summed E-state index contributed by atoms with van der Waals surface area (Å²) in [6.07, 6.45) is 4.89. The zero-order chi connectivity index (χ0) is 27.2.